The van der Waals surface area contributed by atoms with Crippen molar-refractivity contribution in [1.82, 2.24) is 9.78 Å². The van der Waals surface area contributed by atoms with E-state index in [1.807, 2.05) is 0 Å². The van der Waals surface area contributed by atoms with Crippen LogP contribution in [0.25, 0.3) is 10.9 Å². The van der Waals surface area contributed by atoms with E-state index < -0.39 is 0 Å². The Kier molecular flexibility index (Phi) is 4.78. The fourth-order valence-electron chi connectivity index (χ4n) is 3.29. The lowest BCUT2D eigenvalue weighted by atomic mass is 9.85. The minimum absolute atomic E-state index is 0.556. The molecule has 1 aliphatic rings. The molecule has 5 heteroatoms. The fourth-order valence-corrected chi connectivity index (χ4v) is 5.20. The van der Waals surface area contributed by atoms with Gasteiger partial charge >= 0.3 is 0 Å². The van der Waals surface area contributed by atoms with Gasteiger partial charge in [-0.3, -0.25) is 4.68 Å². The van der Waals surface area contributed by atoms with Gasteiger partial charge in [0, 0.05) is 11.6 Å². The fraction of sp³-hybridized carbons (Fsp3) is 0.562. The summed E-state index contributed by atoms with van der Waals surface area (Å²) in [7, 11) is 1.71. The minimum Gasteiger partial charge on any atom is -0.494 e. The quantitative estimate of drug-likeness (QED) is 0.559. The second-order valence-electron chi connectivity index (χ2n) is 5.84. The molecular formula is C16H20BrIN2O. The summed E-state index contributed by atoms with van der Waals surface area (Å²) in [5.74, 6) is 1.80. The normalized spacial score (nSPS) is 22.7. The summed E-state index contributed by atoms with van der Waals surface area (Å²) in [6, 6.07) is 2.66. The standard InChI is InChI=1S/C16H20BrIN2O/c1-3-10-4-6-12(7-5-10)20-9-11-8-13(17)16(21-2)14(18)15(11)19-20/h8-10,12H,3-7H2,1-2H3. The van der Waals surface area contributed by atoms with E-state index in [2.05, 4.69) is 62.4 Å². The van der Waals surface area contributed by atoms with Gasteiger partial charge in [0.25, 0.3) is 0 Å². The van der Waals surface area contributed by atoms with Crippen LogP contribution in [-0.2, 0) is 0 Å². The highest BCUT2D eigenvalue weighted by Crippen LogP contribution is 2.38. The van der Waals surface area contributed by atoms with Crippen LogP contribution in [0.15, 0.2) is 16.7 Å². The highest BCUT2D eigenvalue weighted by Gasteiger charge is 2.23. The lowest BCUT2D eigenvalue weighted by Crippen LogP contribution is -2.18. The van der Waals surface area contributed by atoms with E-state index in [4.69, 9.17) is 9.84 Å². The number of benzene rings is 1. The lowest BCUT2D eigenvalue weighted by molar-refractivity contribution is 0.257. The zero-order valence-corrected chi connectivity index (χ0v) is 16.1. The van der Waals surface area contributed by atoms with Gasteiger partial charge < -0.3 is 4.74 Å². The highest BCUT2D eigenvalue weighted by molar-refractivity contribution is 14.1. The van der Waals surface area contributed by atoms with Crippen molar-refractivity contribution >= 4 is 49.4 Å². The Bertz CT molecular complexity index is 647. The molecule has 21 heavy (non-hydrogen) atoms. The molecule has 0 spiro atoms. The molecule has 0 amide bonds. The van der Waals surface area contributed by atoms with Crippen LogP contribution in [0.3, 0.4) is 0 Å². The van der Waals surface area contributed by atoms with Gasteiger partial charge in [0.15, 0.2) is 0 Å². The number of halogens is 2. The molecule has 0 radical (unpaired) electrons. The molecule has 0 aliphatic heterocycles. The first-order chi connectivity index (χ1) is 10.1. The third-order valence-electron chi connectivity index (χ3n) is 4.64. The monoisotopic (exact) mass is 462 g/mol. The van der Waals surface area contributed by atoms with Crippen molar-refractivity contribution in [3.63, 3.8) is 0 Å². The van der Waals surface area contributed by atoms with Gasteiger partial charge in [-0.05, 0) is 76.2 Å². The Balaban J connectivity index is 1.93. The van der Waals surface area contributed by atoms with Crippen LogP contribution in [0.4, 0.5) is 0 Å². The van der Waals surface area contributed by atoms with E-state index in [9.17, 15) is 0 Å². The van der Waals surface area contributed by atoms with Gasteiger partial charge in [-0.1, -0.05) is 13.3 Å². The van der Waals surface area contributed by atoms with Crippen molar-refractivity contribution in [2.24, 2.45) is 5.92 Å². The third kappa shape index (κ3) is 2.96. The predicted octanol–water partition coefficient (Wildman–Crippen LogP) is 5.55. The van der Waals surface area contributed by atoms with Crippen LogP contribution < -0.4 is 4.74 Å². The van der Waals surface area contributed by atoms with Crippen LogP contribution in [0.1, 0.15) is 45.1 Å². The number of hydrogen-bond donors (Lipinski definition) is 0. The number of rotatable bonds is 3. The Hall–Kier alpha value is -0.300. The van der Waals surface area contributed by atoms with Crippen LogP contribution in [-0.4, -0.2) is 16.9 Å². The summed E-state index contributed by atoms with van der Waals surface area (Å²) < 4.78 is 9.73. The first kappa shape index (κ1) is 15.6. The Morgan fingerprint density at radius 3 is 2.71 bits per heavy atom. The second-order valence-corrected chi connectivity index (χ2v) is 7.77. The molecule has 1 fully saturated rings. The molecule has 1 aliphatic carbocycles. The van der Waals surface area contributed by atoms with E-state index in [0.29, 0.717) is 6.04 Å². The van der Waals surface area contributed by atoms with Crippen LogP contribution in [0.2, 0.25) is 0 Å². The van der Waals surface area contributed by atoms with Crippen molar-refractivity contribution < 1.29 is 4.74 Å². The topological polar surface area (TPSA) is 27.1 Å². The van der Waals surface area contributed by atoms with Crippen LogP contribution >= 0.6 is 38.5 Å². The van der Waals surface area contributed by atoms with E-state index in [0.717, 1.165) is 25.2 Å². The van der Waals surface area contributed by atoms with E-state index in [1.54, 1.807) is 7.11 Å². The average molecular weight is 463 g/mol. The zero-order valence-electron chi connectivity index (χ0n) is 12.4. The summed E-state index contributed by atoms with van der Waals surface area (Å²) >= 11 is 5.91. The van der Waals surface area contributed by atoms with Gasteiger partial charge in [-0.2, -0.15) is 5.10 Å². The van der Waals surface area contributed by atoms with Crippen molar-refractivity contribution in [3.05, 3.63) is 20.3 Å². The number of nitrogens with zero attached hydrogens (tertiary/aromatic N) is 2. The first-order valence-electron chi connectivity index (χ1n) is 7.54. The molecule has 3 nitrogen and oxygen atoms in total. The smallest absolute Gasteiger partial charge is 0.148 e. The number of hydrogen-bond acceptors (Lipinski definition) is 2. The molecule has 1 heterocycles. The van der Waals surface area contributed by atoms with E-state index in [-0.39, 0.29) is 0 Å². The number of fused-ring (bicyclic) bond motifs is 1. The molecule has 0 saturated heterocycles. The SMILES string of the molecule is CCC1CCC(n2cc3cc(Br)c(OC)c(I)c3n2)CC1. The largest absolute Gasteiger partial charge is 0.494 e. The first-order valence-corrected chi connectivity index (χ1v) is 9.42. The van der Waals surface area contributed by atoms with Gasteiger partial charge in [-0.25, -0.2) is 0 Å². The van der Waals surface area contributed by atoms with Gasteiger partial charge in [0.2, 0.25) is 0 Å². The zero-order chi connectivity index (χ0) is 15.0. The highest BCUT2D eigenvalue weighted by atomic mass is 127. The van der Waals surface area contributed by atoms with Crippen LogP contribution in [0.5, 0.6) is 5.75 Å². The van der Waals surface area contributed by atoms with E-state index >= 15 is 0 Å². The Morgan fingerprint density at radius 2 is 2.10 bits per heavy atom. The Morgan fingerprint density at radius 1 is 1.38 bits per heavy atom. The van der Waals surface area contributed by atoms with Gasteiger partial charge in [-0.15, -0.1) is 0 Å². The summed E-state index contributed by atoms with van der Waals surface area (Å²) in [5.41, 5.74) is 1.05. The summed E-state index contributed by atoms with van der Waals surface area (Å²) in [4.78, 5) is 0. The minimum atomic E-state index is 0.556. The van der Waals surface area contributed by atoms with Gasteiger partial charge in [0.1, 0.15) is 11.3 Å². The molecule has 114 valence electrons. The molecule has 1 aromatic carbocycles. The molecule has 0 bridgehead atoms. The summed E-state index contributed by atoms with van der Waals surface area (Å²) in [6.45, 7) is 2.30. The maximum atomic E-state index is 5.46. The average Bonchev–Trinajstić information content (AvgIpc) is 2.92. The van der Waals surface area contributed by atoms with Gasteiger partial charge in [0.05, 0.1) is 21.2 Å². The number of methoxy groups -OCH3 is 1. The molecule has 2 aromatic rings. The number of ether oxygens (including phenoxy) is 1. The molecule has 0 unspecified atom stereocenters. The van der Waals surface area contributed by atoms with Crippen molar-refractivity contribution in [3.8, 4) is 5.75 Å². The van der Waals surface area contributed by atoms with Crippen molar-refractivity contribution in [2.45, 2.75) is 45.1 Å². The van der Waals surface area contributed by atoms with Crippen molar-refractivity contribution in [1.29, 1.82) is 0 Å². The summed E-state index contributed by atoms with van der Waals surface area (Å²) in [5, 5.41) is 6.03. The molecular weight excluding hydrogens is 443 g/mol. The van der Waals surface area contributed by atoms with Crippen molar-refractivity contribution in [2.75, 3.05) is 7.11 Å². The molecule has 1 aromatic heterocycles. The maximum absolute atomic E-state index is 5.46. The molecule has 3 rings (SSSR count). The Labute approximate surface area is 147 Å². The second kappa shape index (κ2) is 6.44. The molecule has 0 N–H and O–H groups in total. The third-order valence-corrected chi connectivity index (χ3v) is 6.23. The predicted molar refractivity (Wildman–Crippen MR) is 98.0 cm³/mol. The summed E-state index contributed by atoms with van der Waals surface area (Å²) in [6.07, 6.45) is 8.68. The number of aromatic nitrogens is 2. The van der Waals surface area contributed by atoms with E-state index in [1.165, 1.54) is 37.5 Å². The lowest BCUT2D eigenvalue weighted by Gasteiger charge is -2.27. The molecule has 0 atom stereocenters. The van der Waals surface area contributed by atoms with Crippen LogP contribution in [0, 0.1) is 9.49 Å². The maximum Gasteiger partial charge on any atom is 0.148 e. The molecule has 1 saturated carbocycles.